The van der Waals surface area contributed by atoms with Crippen molar-refractivity contribution in [1.82, 2.24) is 5.43 Å². The lowest BCUT2D eigenvalue weighted by molar-refractivity contribution is 0.146. The maximum Gasteiger partial charge on any atom is 0.203 e. The fourth-order valence-electron chi connectivity index (χ4n) is 0.556. The van der Waals surface area contributed by atoms with E-state index in [0.29, 0.717) is 6.54 Å². The predicted molar refractivity (Wildman–Crippen MR) is 44.9 cm³/mol. The Balaban J connectivity index is 3.12. The molecule has 0 saturated carbocycles. The largest absolute Gasteiger partial charge is 0.382 e. The van der Waals surface area contributed by atoms with E-state index < -0.39 is 0 Å². The van der Waals surface area contributed by atoms with Crippen LogP contribution in [0.15, 0.2) is 4.99 Å². The summed E-state index contributed by atoms with van der Waals surface area (Å²) >= 11 is 0. The summed E-state index contributed by atoms with van der Waals surface area (Å²) in [6.45, 7) is 4.07. The Morgan fingerprint density at radius 1 is 1.64 bits per heavy atom. The molecule has 0 aromatic carbocycles. The highest BCUT2D eigenvalue weighted by atomic mass is 16.5. The first kappa shape index (κ1) is 10.2. The van der Waals surface area contributed by atoms with E-state index in [-0.39, 0.29) is 5.96 Å². The average molecular weight is 160 g/mol. The highest BCUT2D eigenvalue weighted by Crippen LogP contribution is 1.82. The summed E-state index contributed by atoms with van der Waals surface area (Å²) in [5.41, 5.74) is 7.50. The lowest BCUT2D eigenvalue weighted by Gasteiger charge is -1.99. The maximum atomic E-state index is 5.26. The van der Waals surface area contributed by atoms with Crippen LogP contribution in [0.2, 0.25) is 0 Å². The van der Waals surface area contributed by atoms with Gasteiger partial charge >= 0.3 is 0 Å². The molecule has 5 heteroatoms. The second-order valence-corrected chi connectivity index (χ2v) is 1.96. The van der Waals surface area contributed by atoms with Crippen LogP contribution >= 0.6 is 0 Å². The Kier molecular flexibility index (Phi) is 6.76. The van der Waals surface area contributed by atoms with Crippen LogP contribution in [0, 0.1) is 0 Å². The smallest absolute Gasteiger partial charge is 0.203 e. The van der Waals surface area contributed by atoms with E-state index in [1.54, 1.807) is 0 Å². The molecule has 0 rings (SSSR count). The van der Waals surface area contributed by atoms with Crippen molar-refractivity contribution in [3.05, 3.63) is 0 Å². The zero-order chi connectivity index (χ0) is 8.53. The molecule has 0 aliphatic carbocycles. The number of nitrogens with one attached hydrogen (secondary N) is 1. The standard InChI is InChI=1S/C6H16N4O/c1-2-11-5-3-4-9-6(7)10-8/h2-5,8H2,1H3,(H3,7,9,10). The highest BCUT2D eigenvalue weighted by molar-refractivity contribution is 5.76. The fourth-order valence-corrected chi connectivity index (χ4v) is 0.556. The van der Waals surface area contributed by atoms with Crippen molar-refractivity contribution in [2.45, 2.75) is 13.3 Å². The van der Waals surface area contributed by atoms with Gasteiger partial charge in [0.25, 0.3) is 0 Å². The van der Waals surface area contributed by atoms with E-state index in [1.807, 2.05) is 6.92 Å². The van der Waals surface area contributed by atoms with Gasteiger partial charge in [-0.25, -0.2) is 5.84 Å². The van der Waals surface area contributed by atoms with Gasteiger partial charge in [-0.05, 0) is 13.3 Å². The van der Waals surface area contributed by atoms with E-state index in [2.05, 4.69) is 10.4 Å². The number of rotatable bonds is 5. The zero-order valence-corrected chi connectivity index (χ0v) is 6.84. The Labute approximate surface area is 66.8 Å². The second-order valence-electron chi connectivity index (χ2n) is 1.96. The first-order chi connectivity index (χ1) is 5.31. The lowest BCUT2D eigenvalue weighted by Crippen LogP contribution is -2.37. The molecule has 0 fully saturated rings. The molecule has 0 aromatic heterocycles. The van der Waals surface area contributed by atoms with Crippen molar-refractivity contribution in [2.24, 2.45) is 16.6 Å². The molecule has 0 heterocycles. The molecule has 0 bridgehead atoms. The third kappa shape index (κ3) is 7.08. The second kappa shape index (κ2) is 7.30. The fraction of sp³-hybridized carbons (Fsp3) is 0.833. The van der Waals surface area contributed by atoms with Crippen LogP contribution in [0.25, 0.3) is 0 Å². The van der Waals surface area contributed by atoms with Crippen molar-refractivity contribution >= 4 is 5.96 Å². The summed E-state index contributed by atoms with van der Waals surface area (Å²) in [7, 11) is 0. The summed E-state index contributed by atoms with van der Waals surface area (Å²) < 4.78 is 5.09. The van der Waals surface area contributed by atoms with Gasteiger partial charge in [-0.15, -0.1) is 0 Å². The monoisotopic (exact) mass is 160 g/mol. The zero-order valence-electron chi connectivity index (χ0n) is 6.84. The van der Waals surface area contributed by atoms with Gasteiger partial charge in [0.2, 0.25) is 5.96 Å². The number of guanidine groups is 1. The van der Waals surface area contributed by atoms with Crippen molar-refractivity contribution in [3.8, 4) is 0 Å². The minimum Gasteiger partial charge on any atom is -0.382 e. The third-order valence-corrected chi connectivity index (χ3v) is 1.08. The molecule has 0 aliphatic heterocycles. The van der Waals surface area contributed by atoms with Crippen LogP contribution in [0.3, 0.4) is 0 Å². The Bertz CT molecular complexity index is 115. The van der Waals surface area contributed by atoms with E-state index >= 15 is 0 Å². The molecule has 0 spiro atoms. The van der Waals surface area contributed by atoms with Crippen LogP contribution in [-0.2, 0) is 4.74 Å². The van der Waals surface area contributed by atoms with Crippen molar-refractivity contribution in [1.29, 1.82) is 0 Å². The quantitative estimate of drug-likeness (QED) is 0.161. The van der Waals surface area contributed by atoms with Gasteiger partial charge in [-0.3, -0.25) is 10.4 Å². The Hall–Kier alpha value is -0.810. The predicted octanol–water partition coefficient (Wildman–Crippen LogP) is -0.809. The number of hydrogen-bond donors (Lipinski definition) is 3. The molecule has 0 aliphatic rings. The topological polar surface area (TPSA) is 85.7 Å². The van der Waals surface area contributed by atoms with E-state index in [9.17, 15) is 0 Å². The third-order valence-electron chi connectivity index (χ3n) is 1.08. The molecule has 0 aromatic rings. The van der Waals surface area contributed by atoms with Gasteiger partial charge in [0, 0.05) is 19.8 Å². The first-order valence-electron chi connectivity index (χ1n) is 3.65. The number of hydrogen-bond acceptors (Lipinski definition) is 3. The van der Waals surface area contributed by atoms with Gasteiger partial charge in [0.15, 0.2) is 0 Å². The van der Waals surface area contributed by atoms with Crippen molar-refractivity contribution in [3.63, 3.8) is 0 Å². The Morgan fingerprint density at radius 3 is 2.91 bits per heavy atom. The molecule has 66 valence electrons. The number of aliphatic imine (C=N–C) groups is 1. The van der Waals surface area contributed by atoms with Gasteiger partial charge in [0.05, 0.1) is 0 Å². The summed E-state index contributed by atoms with van der Waals surface area (Å²) in [4.78, 5) is 3.89. The van der Waals surface area contributed by atoms with Crippen molar-refractivity contribution in [2.75, 3.05) is 19.8 Å². The van der Waals surface area contributed by atoms with Gasteiger partial charge < -0.3 is 10.5 Å². The van der Waals surface area contributed by atoms with Gasteiger partial charge in [0.1, 0.15) is 0 Å². The SMILES string of the molecule is CCOCCCN=C(N)NN. The lowest BCUT2D eigenvalue weighted by atomic mass is 10.5. The number of nitrogens with zero attached hydrogens (tertiary/aromatic N) is 1. The van der Waals surface area contributed by atoms with Crippen molar-refractivity contribution < 1.29 is 4.74 Å². The highest BCUT2D eigenvalue weighted by Gasteiger charge is 1.86. The van der Waals surface area contributed by atoms with Gasteiger partial charge in [-0.2, -0.15) is 0 Å². The molecular formula is C6H16N4O. The normalized spacial score (nSPS) is 11.6. The van der Waals surface area contributed by atoms with Crippen LogP contribution in [0.4, 0.5) is 0 Å². The van der Waals surface area contributed by atoms with Crippen LogP contribution in [-0.4, -0.2) is 25.7 Å². The maximum absolute atomic E-state index is 5.26. The number of hydrazine groups is 1. The summed E-state index contributed by atoms with van der Waals surface area (Å²) in [6, 6.07) is 0. The van der Waals surface area contributed by atoms with Crippen LogP contribution < -0.4 is 17.0 Å². The minimum atomic E-state index is 0.265. The first-order valence-corrected chi connectivity index (χ1v) is 3.65. The minimum absolute atomic E-state index is 0.265. The molecule has 11 heavy (non-hydrogen) atoms. The average Bonchev–Trinajstić information content (AvgIpc) is 2.04. The number of ether oxygens (including phenoxy) is 1. The summed E-state index contributed by atoms with van der Waals surface area (Å²) in [5, 5.41) is 0. The summed E-state index contributed by atoms with van der Waals surface area (Å²) in [5.74, 6) is 5.24. The molecule has 0 unspecified atom stereocenters. The van der Waals surface area contributed by atoms with Crippen LogP contribution in [0.5, 0.6) is 0 Å². The summed E-state index contributed by atoms with van der Waals surface area (Å²) in [6.07, 6.45) is 0.871. The molecule has 5 N–H and O–H groups in total. The van der Waals surface area contributed by atoms with Crippen LogP contribution in [0.1, 0.15) is 13.3 Å². The van der Waals surface area contributed by atoms with E-state index in [4.69, 9.17) is 16.3 Å². The molecule has 0 amide bonds. The van der Waals surface area contributed by atoms with E-state index in [0.717, 1.165) is 19.6 Å². The molecular weight excluding hydrogens is 144 g/mol. The van der Waals surface area contributed by atoms with E-state index in [1.165, 1.54) is 0 Å². The molecule has 0 saturated heterocycles. The Morgan fingerprint density at radius 2 is 2.36 bits per heavy atom. The number of nitrogens with two attached hydrogens (primary N) is 2. The molecule has 5 nitrogen and oxygen atoms in total. The molecule has 0 radical (unpaired) electrons. The van der Waals surface area contributed by atoms with Gasteiger partial charge in [-0.1, -0.05) is 0 Å². The molecule has 0 atom stereocenters.